The molecule has 12 heteroatoms. The van der Waals surface area contributed by atoms with Crippen LogP contribution in [0.3, 0.4) is 0 Å². The number of rotatable bonds is 18. The van der Waals surface area contributed by atoms with Gasteiger partial charge in [-0.1, -0.05) is 150 Å². The van der Waals surface area contributed by atoms with Crippen molar-refractivity contribution in [1.82, 2.24) is 0 Å². The van der Waals surface area contributed by atoms with E-state index in [1.165, 1.54) is 16.7 Å². The van der Waals surface area contributed by atoms with Gasteiger partial charge in [0.2, 0.25) is 0 Å². The van der Waals surface area contributed by atoms with Gasteiger partial charge >= 0.3 is 0 Å². The van der Waals surface area contributed by atoms with E-state index < -0.39 is 18.1 Å². The van der Waals surface area contributed by atoms with Crippen LogP contribution in [0.2, 0.25) is 0 Å². The Balaban J connectivity index is 1.57. The highest BCUT2D eigenvalue weighted by Crippen LogP contribution is 2.71. The summed E-state index contributed by atoms with van der Waals surface area (Å²) in [4.78, 5) is 0. The lowest BCUT2D eigenvalue weighted by molar-refractivity contribution is 0.292. The van der Waals surface area contributed by atoms with Gasteiger partial charge in [0.25, 0.3) is 0 Å². The Kier molecular flexibility index (Phi) is 12.7. The maximum atomic E-state index is 7.59. The standard InChI is InChI=1S/C57H63O6P3S3/c1-13-58-46-47(59-14-2)53-41-40-42-44-45-43(41)55(65(53,68)38-27-21-35(22-28-38)32(9)10)50(62-17-5)51(63-18-6)57(45)66(69,39-29-23-36(24-30-39)33(11)12)56(44)49(61-16-4)48(60-15-3)54(42)64(67,52(40)46)37-25-19-34(20-26-37)31(7)8/h19-33H,13-18H2,1-12H3. The minimum Gasteiger partial charge on any atom is -0.489 e. The Hall–Kier alpha value is -3.93. The first kappa shape index (κ1) is 48.7. The summed E-state index contributed by atoms with van der Waals surface area (Å²) in [6.07, 6.45) is 0. The van der Waals surface area contributed by atoms with Gasteiger partial charge in [0, 0.05) is 82.3 Å². The van der Waals surface area contributed by atoms with Crippen molar-refractivity contribution in [1.29, 1.82) is 0 Å². The molecule has 0 amide bonds. The van der Waals surface area contributed by atoms with Gasteiger partial charge in [-0.25, -0.2) is 0 Å². The zero-order valence-corrected chi connectivity index (χ0v) is 47.1. The highest BCUT2D eigenvalue weighted by molar-refractivity contribution is 8.28. The summed E-state index contributed by atoms with van der Waals surface area (Å²) in [6, 6.07) is 17.6. The topological polar surface area (TPSA) is 55.4 Å². The van der Waals surface area contributed by atoms with Crippen LogP contribution in [0.25, 0.3) is 32.3 Å². The molecule has 3 aliphatic heterocycles. The van der Waals surface area contributed by atoms with Gasteiger partial charge in [0.15, 0.2) is 34.5 Å². The van der Waals surface area contributed by atoms with Crippen molar-refractivity contribution in [3.63, 3.8) is 0 Å². The van der Waals surface area contributed by atoms with Crippen LogP contribution in [0.5, 0.6) is 34.5 Å². The van der Waals surface area contributed by atoms with Gasteiger partial charge in [-0.15, -0.1) is 0 Å². The first-order valence-corrected chi connectivity index (χ1v) is 33.2. The maximum Gasteiger partial charge on any atom is 0.171 e. The number of ether oxygens (including phenoxy) is 6. The quantitative estimate of drug-likeness (QED) is 0.0618. The highest BCUT2D eigenvalue weighted by atomic mass is 32.4. The van der Waals surface area contributed by atoms with Gasteiger partial charge < -0.3 is 28.4 Å². The molecule has 0 bridgehead atoms. The largest absolute Gasteiger partial charge is 0.489 e. The molecule has 0 fully saturated rings. The predicted octanol–water partition coefficient (Wildman–Crippen LogP) is 11.1. The van der Waals surface area contributed by atoms with Gasteiger partial charge in [-0.05, 0) is 91.9 Å². The normalized spacial score (nSPS) is 19.5. The van der Waals surface area contributed by atoms with E-state index in [4.69, 9.17) is 63.8 Å². The van der Waals surface area contributed by atoms with Gasteiger partial charge in [0.1, 0.15) is 0 Å². The minimum absolute atomic E-state index is 0.338. The van der Waals surface area contributed by atoms with E-state index in [2.05, 4.69) is 114 Å². The molecule has 0 aliphatic carbocycles. The van der Waals surface area contributed by atoms with Crippen LogP contribution in [0.15, 0.2) is 72.8 Å². The Morgan fingerprint density at radius 3 is 0.594 bits per heavy atom. The molecular weight excluding hydrogens is 970 g/mol. The molecule has 360 valence electrons. The fourth-order valence-corrected chi connectivity index (χ4v) is 25.4. The third-order valence-corrected chi connectivity index (χ3v) is 28.8. The molecule has 7 aromatic carbocycles. The summed E-state index contributed by atoms with van der Waals surface area (Å²) < 4.78 is 42.8. The number of benzene rings is 7. The van der Waals surface area contributed by atoms with Gasteiger partial charge in [0.05, 0.1) is 39.6 Å². The Morgan fingerprint density at radius 1 is 0.304 bits per heavy atom. The summed E-state index contributed by atoms with van der Waals surface area (Å²) in [5.74, 6) is 5.04. The second kappa shape index (κ2) is 18.0. The molecule has 69 heavy (non-hydrogen) atoms. The summed E-state index contributed by atoms with van der Waals surface area (Å²) in [5.41, 5.74) is 3.73. The molecule has 0 unspecified atom stereocenters. The van der Waals surface area contributed by atoms with Crippen LogP contribution < -0.4 is 76.2 Å². The lowest BCUT2D eigenvalue weighted by Crippen LogP contribution is -2.29. The van der Waals surface area contributed by atoms with E-state index in [1.54, 1.807) is 0 Å². The molecular formula is C57H63O6P3S3. The van der Waals surface area contributed by atoms with E-state index in [-0.39, 0.29) is 0 Å². The molecule has 3 heterocycles. The van der Waals surface area contributed by atoms with E-state index in [9.17, 15) is 0 Å². The van der Waals surface area contributed by atoms with Crippen LogP contribution in [0.1, 0.15) is 118 Å². The molecule has 0 radical (unpaired) electrons. The fraction of sp³-hybridized carbons (Fsp3) is 0.368. The molecule has 0 aromatic heterocycles. The SMILES string of the molecule is CCOc1c(OCC)c2c3c4c1P(=S)(c1ccc(C(C)C)cc1)c1c(OCC)c(OCC)c5c(c14)c1c(c(OCC)c(OCC)c(c31)P2(=S)c1ccc(C(C)C)cc1)P5(=S)c1ccc(C(C)C)cc1. The third-order valence-electron chi connectivity index (χ3n) is 14.2. The molecule has 3 aliphatic rings. The fourth-order valence-electron chi connectivity index (χ4n) is 11.3. The van der Waals surface area contributed by atoms with Crippen LogP contribution in [0.4, 0.5) is 0 Å². The van der Waals surface area contributed by atoms with E-state index >= 15 is 0 Å². The van der Waals surface area contributed by atoms with E-state index in [0.717, 1.165) is 80.1 Å². The first-order valence-electron chi connectivity index (χ1n) is 24.8. The average Bonchev–Trinajstić information content (AvgIpc) is 3.89. The van der Waals surface area contributed by atoms with Crippen molar-refractivity contribution in [2.24, 2.45) is 0 Å². The molecule has 10 rings (SSSR count). The Bertz CT molecular complexity index is 2890. The zero-order chi connectivity index (χ0) is 49.1. The van der Waals surface area contributed by atoms with Gasteiger partial charge in [-0.2, -0.15) is 0 Å². The number of hydrogen-bond acceptors (Lipinski definition) is 9. The monoisotopic (exact) mass is 1030 g/mol. The first-order chi connectivity index (χ1) is 33.2. The lowest BCUT2D eigenvalue weighted by atomic mass is 9.93. The average molecular weight is 1030 g/mol. The molecule has 0 atom stereocenters. The molecule has 0 N–H and O–H groups in total. The molecule has 0 saturated carbocycles. The second-order valence-corrected chi connectivity index (χ2v) is 31.8. The predicted molar refractivity (Wildman–Crippen MR) is 307 cm³/mol. The van der Waals surface area contributed by atoms with Crippen molar-refractivity contribution >= 4 is 134 Å². The Labute approximate surface area is 423 Å². The van der Waals surface area contributed by atoms with Crippen LogP contribution in [-0.4, -0.2) is 39.6 Å². The summed E-state index contributed by atoms with van der Waals surface area (Å²) in [5, 5.41) is 15.5. The van der Waals surface area contributed by atoms with Crippen molar-refractivity contribution in [2.75, 3.05) is 39.6 Å². The zero-order valence-electron chi connectivity index (χ0n) is 41.9. The van der Waals surface area contributed by atoms with Crippen LogP contribution in [0, 0.1) is 0 Å². The van der Waals surface area contributed by atoms with Crippen molar-refractivity contribution in [2.45, 2.75) is 101 Å². The highest BCUT2D eigenvalue weighted by Gasteiger charge is 2.56. The van der Waals surface area contributed by atoms with Crippen LogP contribution in [-0.2, 0) is 35.4 Å². The maximum absolute atomic E-state index is 7.59. The number of hydrogen-bond donors (Lipinski definition) is 0. The van der Waals surface area contributed by atoms with Crippen molar-refractivity contribution in [3.05, 3.63) is 89.5 Å². The second-order valence-electron chi connectivity index (χ2n) is 19.0. The van der Waals surface area contributed by atoms with E-state index in [0.29, 0.717) is 91.9 Å². The van der Waals surface area contributed by atoms with Crippen LogP contribution >= 0.6 is 18.1 Å². The minimum atomic E-state index is -3.12. The summed E-state index contributed by atoms with van der Waals surface area (Å²) >= 11 is 22.8. The third kappa shape index (κ3) is 6.55. The van der Waals surface area contributed by atoms with Crippen molar-refractivity contribution < 1.29 is 28.4 Å². The summed E-state index contributed by atoms with van der Waals surface area (Å²) in [6.45, 7) is 28.0. The van der Waals surface area contributed by atoms with Gasteiger partial charge in [-0.3, -0.25) is 0 Å². The molecule has 0 spiro atoms. The lowest BCUT2D eigenvalue weighted by Gasteiger charge is -2.29. The smallest absolute Gasteiger partial charge is 0.171 e. The van der Waals surface area contributed by atoms with E-state index in [1.807, 2.05) is 41.5 Å². The molecule has 6 nitrogen and oxygen atoms in total. The molecule has 7 aromatic rings. The molecule has 0 saturated heterocycles. The van der Waals surface area contributed by atoms with Crippen molar-refractivity contribution in [3.8, 4) is 34.5 Å². The Morgan fingerprint density at radius 2 is 0.464 bits per heavy atom. The summed E-state index contributed by atoms with van der Waals surface area (Å²) in [7, 11) is 0.